The molecule has 3 heterocycles. The predicted molar refractivity (Wildman–Crippen MR) is 302 cm³/mol. The molecule has 0 fully saturated rings. The first-order valence-electron chi connectivity index (χ1n) is 24.8. The van der Waals surface area contributed by atoms with Crippen LogP contribution in [0.15, 0.2) is 231 Å². The van der Waals surface area contributed by atoms with Crippen LogP contribution in [0.4, 0.5) is 0 Å². The third-order valence-corrected chi connectivity index (χ3v) is 14.5. The van der Waals surface area contributed by atoms with E-state index in [1.54, 1.807) is 0 Å². The van der Waals surface area contributed by atoms with Crippen LogP contribution in [0.3, 0.4) is 0 Å². The van der Waals surface area contributed by atoms with Gasteiger partial charge in [0.05, 0.1) is 44.8 Å². The molecule has 0 aliphatic rings. The van der Waals surface area contributed by atoms with Crippen LogP contribution in [-0.2, 0) is 0 Å². The maximum Gasteiger partial charge on any atom is 0.160 e. The Morgan fingerprint density at radius 1 is 0.278 bits per heavy atom. The van der Waals surface area contributed by atoms with Gasteiger partial charge in [-0.25, -0.2) is 9.97 Å². The van der Waals surface area contributed by atoms with E-state index in [0.717, 1.165) is 72.6 Å². The number of aromatic nitrogens is 4. The summed E-state index contributed by atoms with van der Waals surface area (Å²) in [5.74, 6) is 0.686. The second-order valence-electron chi connectivity index (χ2n) is 19.2. The average Bonchev–Trinajstić information content (AvgIpc) is 3.93. The van der Waals surface area contributed by atoms with Gasteiger partial charge < -0.3 is 9.13 Å². The van der Waals surface area contributed by atoms with Crippen LogP contribution in [0.25, 0.3) is 122 Å². The minimum atomic E-state index is 0.686. The summed E-state index contributed by atoms with van der Waals surface area (Å²) in [6, 6.07) is 83.9. The molecule has 4 heteroatoms. The zero-order valence-electron chi connectivity index (χ0n) is 40.7. The van der Waals surface area contributed by atoms with Gasteiger partial charge in [-0.2, -0.15) is 0 Å². The molecular formula is C68H50N4. The lowest BCUT2D eigenvalue weighted by molar-refractivity contribution is 1.16. The van der Waals surface area contributed by atoms with Gasteiger partial charge in [0.1, 0.15) is 0 Å². The maximum absolute atomic E-state index is 5.35. The highest BCUT2D eigenvalue weighted by molar-refractivity contribution is 6.13. The number of aryl methyl sites for hydroxylation is 4. The van der Waals surface area contributed by atoms with E-state index in [-0.39, 0.29) is 0 Å². The number of fused-ring (bicyclic) bond motifs is 6. The Kier molecular flexibility index (Phi) is 10.4. The highest BCUT2D eigenvalue weighted by Crippen LogP contribution is 2.44. The van der Waals surface area contributed by atoms with E-state index < -0.39 is 0 Å². The van der Waals surface area contributed by atoms with Crippen molar-refractivity contribution in [2.75, 3.05) is 0 Å². The molecule has 0 aliphatic carbocycles. The first kappa shape index (κ1) is 42.9. The molecule has 0 unspecified atom stereocenters. The Hall–Kier alpha value is -9.12. The summed E-state index contributed by atoms with van der Waals surface area (Å²) < 4.78 is 4.94. The second kappa shape index (κ2) is 17.4. The Morgan fingerprint density at radius 2 is 0.736 bits per heavy atom. The van der Waals surface area contributed by atoms with Crippen molar-refractivity contribution in [1.82, 2.24) is 19.1 Å². The summed E-state index contributed by atoms with van der Waals surface area (Å²) >= 11 is 0. The van der Waals surface area contributed by atoms with Crippen molar-refractivity contribution in [2.45, 2.75) is 27.7 Å². The van der Waals surface area contributed by atoms with E-state index in [9.17, 15) is 0 Å². The summed E-state index contributed by atoms with van der Waals surface area (Å²) in [5.41, 5.74) is 23.7. The molecular weight excluding hydrogens is 873 g/mol. The molecule has 10 aromatic carbocycles. The molecule has 0 bridgehead atoms. The van der Waals surface area contributed by atoms with E-state index in [1.165, 1.54) is 66.1 Å². The van der Waals surface area contributed by atoms with Crippen LogP contribution >= 0.6 is 0 Å². The number of nitrogens with zero attached hydrogens (tertiary/aromatic N) is 4. The lowest BCUT2D eigenvalue weighted by Gasteiger charge is -2.20. The molecule has 0 amide bonds. The van der Waals surface area contributed by atoms with E-state index in [2.05, 4.69) is 243 Å². The molecule has 4 nitrogen and oxygen atoms in total. The smallest absolute Gasteiger partial charge is 0.160 e. The normalized spacial score (nSPS) is 11.6. The number of benzene rings is 10. The molecule has 13 rings (SSSR count). The van der Waals surface area contributed by atoms with Crippen molar-refractivity contribution >= 4 is 43.6 Å². The van der Waals surface area contributed by atoms with E-state index >= 15 is 0 Å². The molecule has 3 aromatic heterocycles. The Bertz CT molecular complexity index is 4190. The molecule has 0 saturated carbocycles. The van der Waals surface area contributed by atoms with Crippen LogP contribution in [0.5, 0.6) is 0 Å². The number of hydrogen-bond acceptors (Lipinski definition) is 2. The van der Waals surface area contributed by atoms with Gasteiger partial charge in [-0.1, -0.05) is 181 Å². The largest absolute Gasteiger partial charge is 0.309 e. The van der Waals surface area contributed by atoms with Crippen LogP contribution in [-0.4, -0.2) is 19.1 Å². The summed E-state index contributed by atoms with van der Waals surface area (Å²) in [6.45, 7) is 8.75. The van der Waals surface area contributed by atoms with Crippen LogP contribution in [0.2, 0.25) is 0 Å². The third kappa shape index (κ3) is 7.30. The number of rotatable bonds is 8. The van der Waals surface area contributed by atoms with Gasteiger partial charge in [0.15, 0.2) is 5.82 Å². The Morgan fingerprint density at radius 3 is 1.31 bits per heavy atom. The molecule has 72 heavy (non-hydrogen) atoms. The molecule has 0 atom stereocenters. The SMILES string of the molecule is Cc1ccc(-c2ccc3c(c2)c2ccccc2n3-c2ccccc2-c2cc(-c3cc(-c4ccccc4)nc(-c4ccccc4)n3)ccc2-n2c3ccccc3c3cc(-c4ccc(C)cc4C)ccc32)c(C)c1. The van der Waals surface area contributed by atoms with E-state index in [1.807, 2.05) is 24.3 Å². The van der Waals surface area contributed by atoms with Crippen LogP contribution < -0.4 is 0 Å². The number of para-hydroxylation sites is 3. The van der Waals surface area contributed by atoms with Crippen LogP contribution in [0.1, 0.15) is 22.3 Å². The minimum Gasteiger partial charge on any atom is -0.309 e. The van der Waals surface area contributed by atoms with Gasteiger partial charge in [-0.3, -0.25) is 0 Å². The van der Waals surface area contributed by atoms with Gasteiger partial charge in [0, 0.05) is 49.4 Å². The van der Waals surface area contributed by atoms with Crippen molar-refractivity contribution in [2.24, 2.45) is 0 Å². The highest BCUT2D eigenvalue weighted by atomic mass is 15.0. The Balaban J connectivity index is 1.08. The minimum absolute atomic E-state index is 0.686. The lowest BCUT2D eigenvalue weighted by atomic mass is 9.96. The topological polar surface area (TPSA) is 35.6 Å². The first-order valence-corrected chi connectivity index (χ1v) is 24.8. The fraction of sp³-hybridized carbons (Fsp3) is 0.0588. The number of hydrogen-bond donors (Lipinski definition) is 0. The molecule has 342 valence electrons. The van der Waals surface area contributed by atoms with Crippen molar-refractivity contribution in [3.63, 3.8) is 0 Å². The van der Waals surface area contributed by atoms with Gasteiger partial charge in [0.25, 0.3) is 0 Å². The van der Waals surface area contributed by atoms with Gasteiger partial charge in [0.2, 0.25) is 0 Å². The summed E-state index contributed by atoms with van der Waals surface area (Å²) in [4.78, 5) is 10.5. The van der Waals surface area contributed by atoms with E-state index in [0.29, 0.717) is 5.82 Å². The molecule has 0 radical (unpaired) electrons. The Labute approximate surface area is 419 Å². The van der Waals surface area contributed by atoms with Crippen molar-refractivity contribution < 1.29 is 0 Å². The van der Waals surface area contributed by atoms with Crippen LogP contribution in [0, 0.1) is 27.7 Å². The molecule has 0 aliphatic heterocycles. The molecule has 0 saturated heterocycles. The summed E-state index contributed by atoms with van der Waals surface area (Å²) in [7, 11) is 0. The van der Waals surface area contributed by atoms with Gasteiger partial charge >= 0.3 is 0 Å². The molecule has 0 N–H and O–H groups in total. The third-order valence-electron chi connectivity index (χ3n) is 14.5. The zero-order valence-corrected chi connectivity index (χ0v) is 40.7. The monoisotopic (exact) mass is 922 g/mol. The lowest BCUT2D eigenvalue weighted by Crippen LogP contribution is -2.02. The first-order chi connectivity index (χ1) is 35.3. The van der Waals surface area contributed by atoms with E-state index in [4.69, 9.17) is 9.97 Å². The molecule has 0 spiro atoms. The zero-order chi connectivity index (χ0) is 48.5. The summed E-state index contributed by atoms with van der Waals surface area (Å²) in [5, 5.41) is 4.86. The summed E-state index contributed by atoms with van der Waals surface area (Å²) in [6.07, 6.45) is 0. The van der Waals surface area contributed by atoms with Gasteiger partial charge in [-0.05, 0) is 122 Å². The second-order valence-corrected chi connectivity index (χ2v) is 19.2. The molecule has 13 aromatic rings. The maximum atomic E-state index is 5.35. The van der Waals surface area contributed by atoms with Crippen molar-refractivity contribution in [1.29, 1.82) is 0 Å². The van der Waals surface area contributed by atoms with Crippen molar-refractivity contribution in [3.05, 3.63) is 253 Å². The highest BCUT2D eigenvalue weighted by Gasteiger charge is 2.23. The fourth-order valence-electron chi connectivity index (χ4n) is 11.1. The standard InChI is InChI=1S/C68H50N4/c1-43-27-32-52(45(3)37-43)49-29-34-65-57(39-49)54-21-11-14-24-62(54)71(65)63-25-15-13-23-56(63)59-41-51(61-42-60(47-17-7-5-8-18-47)69-68(70-61)48-19-9-6-10-20-48)31-36-67(59)72-64-26-16-12-22-55(64)58-40-50(30-35-66(58)72)53-33-28-44(2)38-46(53)4/h5-42H,1-4H3. The van der Waals surface area contributed by atoms with Gasteiger partial charge in [-0.15, -0.1) is 0 Å². The predicted octanol–water partition coefficient (Wildman–Crippen LogP) is 17.9. The quantitative estimate of drug-likeness (QED) is 0.152. The fourth-order valence-corrected chi connectivity index (χ4v) is 11.1. The average molecular weight is 923 g/mol. The van der Waals surface area contributed by atoms with Crippen molar-refractivity contribution in [3.8, 4) is 78.7 Å².